The first-order valence-electron chi connectivity index (χ1n) is 18.5. The summed E-state index contributed by atoms with van der Waals surface area (Å²) in [5, 5.41) is 0. The van der Waals surface area contributed by atoms with E-state index in [0.717, 1.165) is 36.4 Å². The van der Waals surface area contributed by atoms with Gasteiger partial charge in [-0.15, -0.1) is 0 Å². The van der Waals surface area contributed by atoms with Gasteiger partial charge in [0.05, 0.1) is 17.0 Å². The third kappa shape index (κ3) is 13.7. The molecule has 5 aromatic carbocycles. The third-order valence-electron chi connectivity index (χ3n) is 8.55. The van der Waals surface area contributed by atoms with E-state index >= 15 is 0 Å². The summed E-state index contributed by atoms with van der Waals surface area (Å²) in [6.45, 7) is -2.35. The smallest absolute Gasteiger partial charge is 0.426 e. The fourth-order valence-electron chi connectivity index (χ4n) is 5.49. The van der Waals surface area contributed by atoms with E-state index < -0.39 is 54.5 Å². The Morgan fingerprint density at radius 3 is 1.33 bits per heavy atom. The SMILES string of the molecule is Nc1ccc(C(COC(=O)/C=C/c2ccc(OC(F)(F)c3ccc(OCCF)cc3)cc2)COC(=O)/C=C/c2ccc(OC(F)(F)c3ccc(OCCF)cc3)cc2)c(N)c1. The van der Waals surface area contributed by atoms with Gasteiger partial charge in [0.2, 0.25) is 0 Å². The lowest BCUT2D eigenvalue weighted by atomic mass is 9.98. The standard InChI is InChI=1S/C45H40F6N2O8/c46-23-25-56-36-16-7-33(8-17-36)44(48,49)60-38-12-1-30(2-13-38)5-21-42(54)58-28-32(40-20-11-35(52)27-41(40)53)29-59-43(55)22-6-31-3-14-39(15-4-31)61-45(50,51)34-9-18-37(19-10-34)57-26-24-47/h1-22,27,32H,23-26,28-29,52-53H2/b21-5+,22-6+. The summed E-state index contributed by atoms with van der Waals surface area (Å²) in [5.41, 5.74) is 13.2. The highest BCUT2D eigenvalue weighted by Crippen LogP contribution is 2.34. The molecule has 0 saturated carbocycles. The first-order valence-corrected chi connectivity index (χ1v) is 18.5. The van der Waals surface area contributed by atoms with Gasteiger partial charge in [0, 0.05) is 23.5 Å². The van der Waals surface area contributed by atoms with Gasteiger partial charge < -0.3 is 39.9 Å². The first kappa shape index (κ1) is 45.0. The van der Waals surface area contributed by atoms with Gasteiger partial charge in [0.25, 0.3) is 0 Å². The van der Waals surface area contributed by atoms with Crippen LogP contribution < -0.4 is 30.4 Å². The number of carbonyl (C=O) groups excluding carboxylic acids is 2. The number of hydrogen-bond donors (Lipinski definition) is 2. The summed E-state index contributed by atoms with van der Waals surface area (Å²) < 4.78 is 114. The second kappa shape index (κ2) is 21.2. The summed E-state index contributed by atoms with van der Waals surface area (Å²) in [6, 6.07) is 25.3. The van der Waals surface area contributed by atoms with Crippen LogP contribution in [0.4, 0.5) is 37.7 Å². The van der Waals surface area contributed by atoms with Crippen LogP contribution in [-0.2, 0) is 31.3 Å². The van der Waals surface area contributed by atoms with Crippen LogP contribution in [0.25, 0.3) is 12.2 Å². The van der Waals surface area contributed by atoms with Crippen LogP contribution in [0.15, 0.2) is 127 Å². The Morgan fingerprint density at radius 1 is 0.557 bits per heavy atom. The fraction of sp³-hybridized carbons (Fsp3) is 0.200. The van der Waals surface area contributed by atoms with E-state index in [1.54, 1.807) is 12.1 Å². The van der Waals surface area contributed by atoms with Crippen molar-refractivity contribution in [3.63, 3.8) is 0 Å². The minimum absolute atomic E-state index is 0.148. The summed E-state index contributed by atoms with van der Waals surface area (Å²) in [6.07, 6.45) is -2.33. The van der Waals surface area contributed by atoms with E-state index in [-0.39, 0.29) is 55.1 Å². The summed E-state index contributed by atoms with van der Waals surface area (Å²) in [7, 11) is 0. The summed E-state index contributed by atoms with van der Waals surface area (Å²) in [4.78, 5) is 25.4. The molecule has 5 aromatic rings. The Hall–Kier alpha value is -7.10. The molecule has 320 valence electrons. The van der Waals surface area contributed by atoms with Crippen molar-refractivity contribution in [1.29, 1.82) is 0 Å². The maximum atomic E-state index is 14.8. The number of ether oxygens (including phenoxy) is 6. The molecule has 0 bridgehead atoms. The van der Waals surface area contributed by atoms with E-state index in [2.05, 4.69) is 0 Å². The van der Waals surface area contributed by atoms with E-state index in [1.807, 2.05) is 0 Å². The molecule has 16 heteroatoms. The van der Waals surface area contributed by atoms with Crippen LogP contribution >= 0.6 is 0 Å². The largest absolute Gasteiger partial charge is 0.491 e. The molecule has 10 nitrogen and oxygen atoms in total. The average molecular weight is 851 g/mol. The fourth-order valence-corrected chi connectivity index (χ4v) is 5.49. The predicted molar refractivity (Wildman–Crippen MR) is 216 cm³/mol. The monoisotopic (exact) mass is 850 g/mol. The zero-order valence-electron chi connectivity index (χ0n) is 32.3. The Morgan fingerprint density at radius 2 is 0.951 bits per heavy atom. The molecule has 61 heavy (non-hydrogen) atoms. The molecule has 5 rings (SSSR count). The molecule has 0 aliphatic carbocycles. The zero-order valence-corrected chi connectivity index (χ0v) is 32.3. The van der Waals surface area contributed by atoms with Gasteiger partial charge in [-0.1, -0.05) is 30.3 Å². The average Bonchev–Trinajstić information content (AvgIpc) is 3.25. The van der Waals surface area contributed by atoms with Crippen molar-refractivity contribution < 1.29 is 64.4 Å². The lowest BCUT2D eigenvalue weighted by Gasteiger charge is -2.19. The third-order valence-corrected chi connectivity index (χ3v) is 8.55. The number of rotatable bonds is 21. The Bertz CT molecular complexity index is 2120. The normalized spacial score (nSPS) is 11.8. The Labute approximate surface area is 346 Å². The second-order valence-corrected chi connectivity index (χ2v) is 13.0. The van der Waals surface area contributed by atoms with Crippen molar-refractivity contribution in [2.45, 2.75) is 18.1 Å². The highest BCUT2D eigenvalue weighted by atomic mass is 19.3. The van der Waals surface area contributed by atoms with Gasteiger partial charge in [-0.3, -0.25) is 0 Å². The minimum atomic E-state index is -3.69. The first-order chi connectivity index (χ1) is 29.2. The second-order valence-electron chi connectivity index (χ2n) is 13.0. The van der Waals surface area contributed by atoms with Crippen molar-refractivity contribution >= 4 is 35.5 Å². The number of hydrogen-bond acceptors (Lipinski definition) is 10. The molecule has 0 aliphatic heterocycles. The highest BCUT2D eigenvalue weighted by molar-refractivity contribution is 5.87. The lowest BCUT2D eigenvalue weighted by molar-refractivity contribution is -0.186. The molecular weight excluding hydrogens is 810 g/mol. The van der Waals surface area contributed by atoms with Crippen LogP contribution in [-0.4, -0.2) is 51.7 Å². The molecular formula is C45H40F6N2O8. The van der Waals surface area contributed by atoms with Crippen molar-refractivity contribution in [2.75, 3.05) is 51.2 Å². The lowest BCUT2D eigenvalue weighted by Crippen LogP contribution is -2.21. The molecule has 0 unspecified atom stereocenters. The van der Waals surface area contributed by atoms with E-state index in [4.69, 9.17) is 39.9 Å². The molecule has 0 amide bonds. The van der Waals surface area contributed by atoms with Crippen molar-refractivity contribution in [3.8, 4) is 23.0 Å². The van der Waals surface area contributed by atoms with E-state index in [1.165, 1.54) is 91.0 Å². The van der Waals surface area contributed by atoms with Crippen LogP contribution in [0.2, 0.25) is 0 Å². The van der Waals surface area contributed by atoms with Gasteiger partial charge in [-0.25, -0.2) is 18.4 Å². The molecule has 0 aliphatic rings. The number of halogens is 6. The highest BCUT2D eigenvalue weighted by Gasteiger charge is 2.35. The molecule has 0 atom stereocenters. The summed E-state index contributed by atoms with van der Waals surface area (Å²) >= 11 is 0. The maximum absolute atomic E-state index is 14.8. The minimum Gasteiger partial charge on any atom is -0.491 e. The number of carbonyl (C=O) groups is 2. The summed E-state index contributed by atoms with van der Waals surface area (Å²) in [5.74, 6) is -2.07. The molecule has 0 radical (unpaired) electrons. The van der Waals surface area contributed by atoms with Crippen molar-refractivity contribution in [3.05, 3.63) is 155 Å². The number of nitrogen functional groups attached to an aromatic ring is 2. The van der Waals surface area contributed by atoms with Gasteiger partial charge in [-0.2, -0.15) is 17.6 Å². The molecule has 0 fully saturated rings. The Balaban J connectivity index is 1.13. The molecule has 0 saturated heterocycles. The number of alkyl halides is 6. The molecule has 0 spiro atoms. The van der Waals surface area contributed by atoms with Crippen molar-refractivity contribution in [1.82, 2.24) is 0 Å². The number of benzene rings is 5. The van der Waals surface area contributed by atoms with Crippen LogP contribution in [0.1, 0.15) is 33.7 Å². The van der Waals surface area contributed by atoms with Crippen LogP contribution in [0.3, 0.4) is 0 Å². The Kier molecular flexibility index (Phi) is 15.7. The van der Waals surface area contributed by atoms with Crippen LogP contribution in [0.5, 0.6) is 23.0 Å². The number of esters is 2. The topological polar surface area (TPSA) is 142 Å². The zero-order chi connectivity index (χ0) is 43.8. The molecule has 4 N–H and O–H groups in total. The number of nitrogens with two attached hydrogens (primary N) is 2. The van der Waals surface area contributed by atoms with Gasteiger partial charge in [-0.05, 0) is 114 Å². The van der Waals surface area contributed by atoms with Gasteiger partial charge in [0.1, 0.15) is 62.8 Å². The van der Waals surface area contributed by atoms with Gasteiger partial charge >= 0.3 is 24.2 Å². The van der Waals surface area contributed by atoms with E-state index in [0.29, 0.717) is 22.4 Å². The van der Waals surface area contributed by atoms with E-state index in [9.17, 15) is 35.9 Å². The molecule has 0 aromatic heterocycles. The number of anilines is 2. The van der Waals surface area contributed by atoms with Gasteiger partial charge in [0.15, 0.2) is 0 Å². The molecule has 0 heterocycles. The predicted octanol–water partition coefficient (Wildman–Crippen LogP) is 9.40. The van der Waals surface area contributed by atoms with Crippen molar-refractivity contribution in [2.24, 2.45) is 0 Å². The van der Waals surface area contributed by atoms with Crippen LogP contribution in [0, 0.1) is 0 Å². The maximum Gasteiger partial charge on any atom is 0.426 e. The quantitative estimate of drug-likeness (QED) is 0.0318.